The summed E-state index contributed by atoms with van der Waals surface area (Å²) >= 11 is 1.98. The molecule has 1 aliphatic rings. The summed E-state index contributed by atoms with van der Waals surface area (Å²) in [5.41, 5.74) is 0. The maximum Gasteiger partial charge on any atom is 0.0825 e. The van der Waals surface area contributed by atoms with Gasteiger partial charge in [-0.3, -0.25) is 0 Å². The van der Waals surface area contributed by atoms with Crippen LogP contribution in [0.15, 0.2) is 0 Å². The highest BCUT2D eigenvalue weighted by molar-refractivity contribution is 7.99. The minimum Gasteiger partial charge on any atom is -0.237 e. The van der Waals surface area contributed by atoms with E-state index >= 15 is 0 Å². The van der Waals surface area contributed by atoms with Crippen LogP contribution in [0, 0.1) is 5.92 Å². The van der Waals surface area contributed by atoms with Crippen LogP contribution in [0.4, 0.5) is 0 Å². The van der Waals surface area contributed by atoms with Crippen LogP contribution in [0.2, 0.25) is 0 Å². The first-order chi connectivity index (χ1) is 3.93. The van der Waals surface area contributed by atoms with Crippen LogP contribution in [0.25, 0.3) is 0 Å². The van der Waals surface area contributed by atoms with E-state index in [9.17, 15) is 5.11 Å². The molecule has 1 unspecified atom stereocenters. The van der Waals surface area contributed by atoms with Crippen molar-refractivity contribution in [3.8, 4) is 0 Å². The van der Waals surface area contributed by atoms with Gasteiger partial charge in [-0.05, 0) is 30.3 Å². The maximum atomic E-state index is 10.1. The van der Waals surface area contributed by atoms with Gasteiger partial charge in [0.2, 0.25) is 0 Å². The quantitative estimate of drug-likeness (QED) is 0.556. The molecule has 0 amide bonds. The predicted molar refractivity (Wildman–Crippen MR) is 35.6 cm³/mol. The van der Waals surface area contributed by atoms with E-state index in [1.165, 1.54) is 17.9 Å². The Morgan fingerprint density at radius 2 is 2.50 bits per heavy atom. The Balaban J connectivity index is 2.06. The van der Waals surface area contributed by atoms with Crippen molar-refractivity contribution in [3.63, 3.8) is 0 Å². The summed E-state index contributed by atoms with van der Waals surface area (Å²) in [4.78, 5) is 0. The molecule has 0 aromatic heterocycles. The second kappa shape index (κ2) is 3.36. The van der Waals surface area contributed by atoms with Crippen molar-refractivity contribution in [2.45, 2.75) is 12.8 Å². The van der Waals surface area contributed by atoms with Crippen LogP contribution in [-0.4, -0.2) is 18.1 Å². The zero-order valence-corrected chi connectivity index (χ0v) is 5.75. The van der Waals surface area contributed by atoms with E-state index < -0.39 is 0 Å². The van der Waals surface area contributed by atoms with Gasteiger partial charge in [0.1, 0.15) is 0 Å². The summed E-state index contributed by atoms with van der Waals surface area (Å²) in [5.74, 6) is 3.28. The molecule has 8 heavy (non-hydrogen) atoms. The largest absolute Gasteiger partial charge is 0.237 e. The Labute approximate surface area is 54.5 Å². The van der Waals surface area contributed by atoms with Crippen molar-refractivity contribution < 1.29 is 5.11 Å². The summed E-state index contributed by atoms with van der Waals surface area (Å²) in [6.45, 7) is 0.130. The summed E-state index contributed by atoms with van der Waals surface area (Å²) < 4.78 is 0. The Hall–Kier alpha value is 0.310. The predicted octanol–water partition coefficient (Wildman–Crippen LogP) is 1.56. The molecular weight excluding hydrogens is 120 g/mol. The van der Waals surface area contributed by atoms with Crippen molar-refractivity contribution >= 4 is 11.8 Å². The highest BCUT2D eigenvalue weighted by atomic mass is 32.2. The number of thioether (sulfide) groups is 1. The van der Waals surface area contributed by atoms with Gasteiger partial charge >= 0.3 is 0 Å². The van der Waals surface area contributed by atoms with E-state index in [1.54, 1.807) is 0 Å². The van der Waals surface area contributed by atoms with Gasteiger partial charge in [0.25, 0.3) is 0 Å². The fourth-order valence-corrected chi connectivity index (χ4v) is 2.31. The molecule has 47 valence electrons. The molecular formula is C6H11OS. The fourth-order valence-electron chi connectivity index (χ4n) is 0.978. The van der Waals surface area contributed by atoms with Crippen molar-refractivity contribution in [1.29, 1.82) is 0 Å². The molecule has 2 heteroatoms. The van der Waals surface area contributed by atoms with Gasteiger partial charge in [-0.25, -0.2) is 5.11 Å². The SMILES string of the molecule is [O]CCC1CCSC1. The van der Waals surface area contributed by atoms with E-state index in [1.807, 2.05) is 11.8 Å². The molecule has 0 aromatic rings. The average Bonchev–Trinajstić information content (AvgIpc) is 2.19. The number of hydrogen-bond acceptors (Lipinski definition) is 1. The summed E-state index contributed by atoms with van der Waals surface area (Å²) in [6, 6.07) is 0. The lowest BCUT2D eigenvalue weighted by Crippen LogP contribution is -1.98. The van der Waals surface area contributed by atoms with Crippen molar-refractivity contribution in [1.82, 2.24) is 0 Å². The molecule has 1 nitrogen and oxygen atoms in total. The Bertz CT molecular complexity index is 59.5. The van der Waals surface area contributed by atoms with Gasteiger partial charge in [0, 0.05) is 0 Å². The molecule has 0 aliphatic carbocycles. The van der Waals surface area contributed by atoms with E-state index in [4.69, 9.17) is 0 Å². The third kappa shape index (κ3) is 1.67. The third-order valence-corrected chi connectivity index (χ3v) is 2.78. The molecule has 1 rings (SSSR count). The second-order valence-corrected chi connectivity index (χ2v) is 3.37. The van der Waals surface area contributed by atoms with E-state index in [0.29, 0.717) is 0 Å². The van der Waals surface area contributed by atoms with E-state index in [0.717, 1.165) is 12.3 Å². The van der Waals surface area contributed by atoms with Crippen LogP contribution in [0.5, 0.6) is 0 Å². The summed E-state index contributed by atoms with van der Waals surface area (Å²) in [5, 5.41) is 10.1. The lowest BCUT2D eigenvalue weighted by Gasteiger charge is -2.00. The first-order valence-corrected chi connectivity index (χ1v) is 4.25. The molecule has 0 N–H and O–H groups in total. The van der Waals surface area contributed by atoms with E-state index in [-0.39, 0.29) is 6.61 Å². The average molecular weight is 131 g/mol. The first-order valence-electron chi connectivity index (χ1n) is 3.09. The molecule has 1 atom stereocenters. The van der Waals surface area contributed by atoms with Gasteiger partial charge in [-0.2, -0.15) is 11.8 Å². The maximum absolute atomic E-state index is 10.1. The fraction of sp³-hybridized carbons (Fsp3) is 1.00. The number of rotatable bonds is 2. The zero-order valence-electron chi connectivity index (χ0n) is 4.93. The molecule has 1 aliphatic heterocycles. The van der Waals surface area contributed by atoms with Crippen molar-refractivity contribution in [2.75, 3.05) is 18.1 Å². The third-order valence-electron chi connectivity index (χ3n) is 1.55. The van der Waals surface area contributed by atoms with Crippen LogP contribution in [0.1, 0.15) is 12.8 Å². The van der Waals surface area contributed by atoms with Gasteiger partial charge in [0.05, 0.1) is 6.61 Å². The molecule has 0 saturated carbocycles. The summed E-state index contributed by atoms with van der Waals surface area (Å²) in [6.07, 6.45) is 2.19. The molecule has 1 radical (unpaired) electrons. The minimum atomic E-state index is 0.130. The number of hydrogen-bond donors (Lipinski definition) is 0. The lowest BCUT2D eigenvalue weighted by molar-refractivity contribution is 0.174. The Morgan fingerprint density at radius 3 is 3.00 bits per heavy atom. The molecule has 1 heterocycles. The molecule has 0 spiro atoms. The Morgan fingerprint density at radius 1 is 1.62 bits per heavy atom. The monoisotopic (exact) mass is 131 g/mol. The van der Waals surface area contributed by atoms with Crippen LogP contribution in [0.3, 0.4) is 0 Å². The van der Waals surface area contributed by atoms with Gasteiger partial charge < -0.3 is 0 Å². The van der Waals surface area contributed by atoms with E-state index in [2.05, 4.69) is 0 Å². The molecule has 0 aromatic carbocycles. The van der Waals surface area contributed by atoms with Crippen LogP contribution in [-0.2, 0) is 5.11 Å². The van der Waals surface area contributed by atoms with Crippen LogP contribution < -0.4 is 0 Å². The first kappa shape index (κ1) is 6.43. The van der Waals surface area contributed by atoms with Crippen molar-refractivity contribution in [3.05, 3.63) is 0 Å². The van der Waals surface area contributed by atoms with Gasteiger partial charge in [0.15, 0.2) is 0 Å². The molecule has 1 fully saturated rings. The topological polar surface area (TPSA) is 19.9 Å². The second-order valence-electron chi connectivity index (χ2n) is 2.22. The minimum absolute atomic E-state index is 0.130. The standard InChI is InChI=1S/C6H11OS/c7-3-1-6-2-4-8-5-6/h6H,1-5H2. The van der Waals surface area contributed by atoms with Gasteiger partial charge in [-0.15, -0.1) is 0 Å². The molecule has 0 bridgehead atoms. The van der Waals surface area contributed by atoms with Crippen molar-refractivity contribution in [2.24, 2.45) is 5.92 Å². The highest BCUT2D eigenvalue weighted by Crippen LogP contribution is 2.25. The highest BCUT2D eigenvalue weighted by Gasteiger charge is 2.13. The lowest BCUT2D eigenvalue weighted by atomic mass is 10.1. The Kier molecular flexibility index (Phi) is 2.70. The normalized spacial score (nSPS) is 28.9. The zero-order chi connectivity index (χ0) is 5.82. The van der Waals surface area contributed by atoms with Crippen LogP contribution >= 0.6 is 11.8 Å². The molecule has 1 saturated heterocycles. The smallest absolute Gasteiger partial charge is 0.0825 e. The van der Waals surface area contributed by atoms with Gasteiger partial charge in [-0.1, -0.05) is 0 Å². The summed E-state index contributed by atoms with van der Waals surface area (Å²) in [7, 11) is 0.